The van der Waals surface area contributed by atoms with Gasteiger partial charge in [-0.25, -0.2) is 14.6 Å². The fourth-order valence-corrected chi connectivity index (χ4v) is 4.54. The average molecular weight is 439 g/mol. The molecule has 31 heavy (non-hydrogen) atoms. The van der Waals surface area contributed by atoms with Gasteiger partial charge in [0.1, 0.15) is 5.82 Å². The van der Waals surface area contributed by atoms with Gasteiger partial charge in [0.2, 0.25) is 5.91 Å². The first-order valence-electron chi connectivity index (χ1n) is 11.1. The molecule has 0 bridgehead atoms. The van der Waals surface area contributed by atoms with E-state index in [1.807, 2.05) is 54.4 Å². The predicted molar refractivity (Wildman–Crippen MR) is 126 cm³/mol. The highest BCUT2D eigenvalue weighted by molar-refractivity contribution is 7.98. The van der Waals surface area contributed by atoms with Gasteiger partial charge < -0.3 is 10.2 Å². The van der Waals surface area contributed by atoms with Gasteiger partial charge in [0.05, 0.1) is 24.0 Å². The van der Waals surface area contributed by atoms with Crippen LogP contribution in [0, 0.1) is 0 Å². The third kappa shape index (κ3) is 4.84. The standard InChI is InChI=1S/C23H30N6OS/c1-3-18(17-10-6-4-7-11-17)22(30)24-12-15-29-21-19(16-25-29)20(26-23(27-21)31-2)28-13-8-5-9-14-28/h4,6-7,10-11,16,18H,3,5,8-9,12-15H2,1-2H3,(H,24,30). The minimum absolute atomic E-state index is 0.0543. The van der Waals surface area contributed by atoms with E-state index in [9.17, 15) is 4.79 Å². The number of aromatic nitrogens is 4. The summed E-state index contributed by atoms with van der Waals surface area (Å²) in [4.78, 5) is 24.6. The molecule has 2 aromatic heterocycles. The molecule has 1 atom stereocenters. The van der Waals surface area contributed by atoms with E-state index in [2.05, 4.69) is 15.3 Å². The van der Waals surface area contributed by atoms with Crippen LogP contribution in [-0.4, -0.2) is 51.5 Å². The van der Waals surface area contributed by atoms with Crippen LogP contribution in [0.3, 0.4) is 0 Å². The molecule has 7 nitrogen and oxygen atoms in total. The molecule has 1 N–H and O–H groups in total. The summed E-state index contributed by atoms with van der Waals surface area (Å²) in [5, 5.41) is 9.40. The number of nitrogens with one attached hydrogen (secondary N) is 1. The molecule has 164 valence electrons. The van der Waals surface area contributed by atoms with Crippen molar-refractivity contribution in [2.75, 3.05) is 30.8 Å². The lowest BCUT2D eigenvalue weighted by Crippen LogP contribution is -2.32. The molecule has 1 fully saturated rings. The maximum atomic E-state index is 12.8. The van der Waals surface area contributed by atoms with Crippen molar-refractivity contribution in [1.82, 2.24) is 25.1 Å². The Bertz CT molecular complexity index is 1020. The van der Waals surface area contributed by atoms with Crippen molar-refractivity contribution in [1.29, 1.82) is 0 Å². The van der Waals surface area contributed by atoms with E-state index in [-0.39, 0.29) is 11.8 Å². The van der Waals surface area contributed by atoms with Crippen LogP contribution in [0.15, 0.2) is 41.7 Å². The van der Waals surface area contributed by atoms with Crippen LogP contribution in [0.1, 0.15) is 44.1 Å². The number of nitrogens with zero attached hydrogens (tertiary/aromatic N) is 5. The summed E-state index contributed by atoms with van der Waals surface area (Å²) in [6.07, 6.45) is 8.30. The summed E-state index contributed by atoms with van der Waals surface area (Å²) in [5.74, 6) is 0.907. The molecule has 1 saturated heterocycles. The van der Waals surface area contributed by atoms with Crippen molar-refractivity contribution >= 4 is 34.5 Å². The second-order valence-electron chi connectivity index (χ2n) is 7.85. The molecule has 8 heteroatoms. The third-order valence-corrected chi connectivity index (χ3v) is 6.39. The Balaban J connectivity index is 1.48. The predicted octanol–water partition coefficient (Wildman–Crippen LogP) is 3.85. The van der Waals surface area contributed by atoms with E-state index in [0.717, 1.165) is 47.1 Å². The fraction of sp³-hybridized carbons (Fsp3) is 0.478. The van der Waals surface area contributed by atoms with Crippen LogP contribution in [0.25, 0.3) is 11.0 Å². The zero-order chi connectivity index (χ0) is 21.6. The summed E-state index contributed by atoms with van der Waals surface area (Å²) in [6, 6.07) is 9.95. The fourth-order valence-electron chi connectivity index (χ4n) is 4.19. The first-order chi connectivity index (χ1) is 15.2. The Kier molecular flexibility index (Phi) is 7.06. The van der Waals surface area contributed by atoms with Crippen molar-refractivity contribution in [3.8, 4) is 0 Å². The minimum atomic E-state index is -0.133. The molecule has 1 aliphatic rings. The highest BCUT2D eigenvalue weighted by atomic mass is 32.2. The lowest BCUT2D eigenvalue weighted by atomic mass is 9.96. The quantitative estimate of drug-likeness (QED) is 0.425. The lowest BCUT2D eigenvalue weighted by Gasteiger charge is -2.28. The van der Waals surface area contributed by atoms with E-state index < -0.39 is 0 Å². The summed E-state index contributed by atoms with van der Waals surface area (Å²) in [7, 11) is 0. The van der Waals surface area contributed by atoms with Gasteiger partial charge in [-0.05, 0) is 37.5 Å². The number of fused-ring (bicyclic) bond motifs is 1. The van der Waals surface area contributed by atoms with Gasteiger partial charge in [-0.3, -0.25) is 4.79 Å². The second-order valence-corrected chi connectivity index (χ2v) is 8.62. The Morgan fingerprint density at radius 2 is 1.94 bits per heavy atom. The zero-order valence-corrected chi connectivity index (χ0v) is 19.1. The maximum Gasteiger partial charge on any atom is 0.227 e. The molecule has 0 radical (unpaired) electrons. The van der Waals surface area contributed by atoms with Gasteiger partial charge in [0.15, 0.2) is 10.8 Å². The van der Waals surface area contributed by atoms with Gasteiger partial charge in [0, 0.05) is 19.6 Å². The van der Waals surface area contributed by atoms with Gasteiger partial charge in [-0.2, -0.15) is 5.10 Å². The molecule has 0 spiro atoms. The number of amides is 1. The molecule has 3 heterocycles. The summed E-state index contributed by atoms with van der Waals surface area (Å²) < 4.78 is 1.88. The molecular weight excluding hydrogens is 408 g/mol. The van der Waals surface area contributed by atoms with Crippen LogP contribution < -0.4 is 10.2 Å². The Morgan fingerprint density at radius 1 is 1.16 bits per heavy atom. The van der Waals surface area contributed by atoms with Crippen molar-refractivity contribution in [2.45, 2.75) is 50.2 Å². The highest BCUT2D eigenvalue weighted by Gasteiger charge is 2.21. The van der Waals surface area contributed by atoms with E-state index in [1.54, 1.807) is 11.8 Å². The van der Waals surface area contributed by atoms with Crippen molar-refractivity contribution in [2.24, 2.45) is 0 Å². The monoisotopic (exact) mass is 438 g/mol. The second kappa shape index (κ2) is 10.1. The number of carbonyl (C=O) groups is 1. The van der Waals surface area contributed by atoms with E-state index in [4.69, 9.17) is 9.97 Å². The number of rotatable bonds is 8. The Hall–Kier alpha value is -2.61. The molecule has 1 aromatic carbocycles. The molecule has 4 rings (SSSR count). The number of piperidine rings is 1. The Morgan fingerprint density at radius 3 is 2.65 bits per heavy atom. The maximum absolute atomic E-state index is 12.8. The van der Waals surface area contributed by atoms with E-state index >= 15 is 0 Å². The van der Waals surface area contributed by atoms with Crippen LogP contribution >= 0.6 is 11.8 Å². The zero-order valence-electron chi connectivity index (χ0n) is 18.3. The van der Waals surface area contributed by atoms with Gasteiger partial charge in [-0.15, -0.1) is 0 Å². The highest BCUT2D eigenvalue weighted by Crippen LogP contribution is 2.28. The molecule has 0 saturated carbocycles. The molecule has 1 unspecified atom stereocenters. The van der Waals surface area contributed by atoms with Crippen molar-refractivity contribution in [3.63, 3.8) is 0 Å². The molecule has 1 amide bonds. The molecular formula is C23H30N6OS. The summed E-state index contributed by atoms with van der Waals surface area (Å²) in [6.45, 7) is 5.18. The normalized spacial score (nSPS) is 15.2. The van der Waals surface area contributed by atoms with Crippen LogP contribution in [0.5, 0.6) is 0 Å². The Labute approximate surface area is 187 Å². The van der Waals surface area contributed by atoms with Gasteiger partial charge >= 0.3 is 0 Å². The molecule has 0 aliphatic carbocycles. The van der Waals surface area contributed by atoms with Crippen molar-refractivity contribution < 1.29 is 4.79 Å². The van der Waals surface area contributed by atoms with E-state index in [1.165, 1.54) is 19.3 Å². The van der Waals surface area contributed by atoms with Gasteiger partial charge in [-0.1, -0.05) is 49.0 Å². The molecule has 1 aliphatic heterocycles. The third-order valence-electron chi connectivity index (χ3n) is 5.84. The first-order valence-corrected chi connectivity index (χ1v) is 12.3. The topological polar surface area (TPSA) is 75.9 Å². The van der Waals surface area contributed by atoms with E-state index in [0.29, 0.717) is 13.1 Å². The number of benzene rings is 1. The number of hydrogen-bond donors (Lipinski definition) is 1. The largest absolute Gasteiger partial charge is 0.356 e. The summed E-state index contributed by atoms with van der Waals surface area (Å²) in [5.41, 5.74) is 1.89. The smallest absolute Gasteiger partial charge is 0.227 e. The number of hydrogen-bond acceptors (Lipinski definition) is 6. The minimum Gasteiger partial charge on any atom is -0.356 e. The number of carbonyl (C=O) groups excluding carboxylic acids is 1. The SMILES string of the molecule is CCC(C(=O)NCCn1ncc2c(N3CCCCC3)nc(SC)nc21)c1ccccc1. The van der Waals surface area contributed by atoms with Gasteiger partial charge in [0.25, 0.3) is 0 Å². The number of anilines is 1. The van der Waals surface area contributed by atoms with Crippen molar-refractivity contribution in [3.05, 3.63) is 42.1 Å². The average Bonchev–Trinajstić information content (AvgIpc) is 3.23. The number of thioether (sulfide) groups is 1. The summed E-state index contributed by atoms with van der Waals surface area (Å²) >= 11 is 1.55. The first kappa shape index (κ1) is 21.6. The lowest BCUT2D eigenvalue weighted by molar-refractivity contribution is -0.122. The van der Waals surface area contributed by atoms with Crippen LogP contribution in [-0.2, 0) is 11.3 Å². The van der Waals surface area contributed by atoms with Crippen LogP contribution in [0.2, 0.25) is 0 Å². The molecule has 3 aromatic rings. The van der Waals surface area contributed by atoms with Crippen LogP contribution in [0.4, 0.5) is 5.82 Å².